The minimum absolute atomic E-state index is 0.0631. The second-order valence-corrected chi connectivity index (χ2v) is 6.33. The molecule has 27 heavy (non-hydrogen) atoms. The Bertz CT molecular complexity index is 926. The van der Waals surface area contributed by atoms with Crippen LogP contribution in [0.15, 0.2) is 36.7 Å². The van der Waals surface area contributed by atoms with Crippen LogP contribution in [0.1, 0.15) is 11.4 Å². The molecule has 140 valence electrons. The Balaban J connectivity index is 1.54. The van der Waals surface area contributed by atoms with Gasteiger partial charge in [-0.2, -0.15) is 0 Å². The van der Waals surface area contributed by atoms with Gasteiger partial charge in [0.2, 0.25) is 0 Å². The number of imidazole rings is 1. The summed E-state index contributed by atoms with van der Waals surface area (Å²) in [5.41, 5.74) is 3.20. The van der Waals surface area contributed by atoms with Crippen molar-refractivity contribution in [1.29, 1.82) is 0 Å². The van der Waals surface area contributed by atoms with E-state index in [0.29, 0.717) is 18.9 Å². The summed E-state index contributed by atoms with van der Waals surface area (Å²) in [5.74, 6) is 3.23. The number of aromatic amines is 1. The second kappa shape index (κ2) is 7.63. The van der Waals surface area contributed by atoms with Crippen LogP contribution in [-0.4, -0.2) is 51.8 Å². The Morgan fingerprint density at radius 2 is 2.22 bits per heavy atom. The summed E-state index contributed by atoms with van der Waals surface area (Å²) in [7, 11) is 1.66. The van der Waals surface area contributed by atoms with Crippen LogP contribution in [0, 0.1) is 0 Å². The molecule has 8 heteroatoms. The monoisotopic (exact) mass is 366 g/mol. The zero-order valence-electron chi connectivity index (χ0n) is 15.1. The molecule has 0 unspecified atom stereocenters. The summed E-state index contributed by atoms with van der Waals surface area (Å²) in [6.07, 6.45) is 2.39. The third-order valence-electron chi connectivity index (χ3n) is 4.57. The zero-order valence-corrected chi connectivity index (χ0v) is 15.1. The number of fused-ring (bicyclic) bond motifs is 1. The number of nitrogens with zero attached hydrogens (tertiary/aromatic N) is 4. The number of benzene rings is 1. The maximum atomic E-state index is 8.95. The number of aliphatic hydroxyl groups is 1. The van der Waals surface area contributed by atoms with E-state index in [2.05, 4.69) is 25.2 Å². The molecule has 0 bridgehead atoms. The molecule has 0 fully saturated rings. The summed E-state index contributed by atoms with van der Waals surface area (Å²) in [4.78, 5) is 19.0. The third-order valence-corrected chi connectivity index (χ3v) is 4.57. The summed E-state index contributed by atoms with van der Waals surface area (Å²) < 4.78 is 5.31. The minimum Gasteiger partial charge on any atom is -0.497 e. The second-order valence-electron chi connectivity index (χ2n) is 6.33. The highest BCUT2D eigenvalue weighted by Crippen LogP contribution is 2.27. The fourth-order valence-electron chi connectivity index (χ4n) is 3.20. The highest BCUT2D eigenvalue weighted by atomic mass is 16.5. The largest absolute Gasteiger partial charge is 0.497 e. The van der Waals surface area contributed by atoms with E-state index in [1.807, 2.05) is 30.3 Å². The lowest BCUT2D eigenvalue weighted by Gasteiger charge is -2.27. The highest BCUT2D eigenvalue weighted by Gasteiger charge is 2.22. The summed E-state index contributed by atoms with van der Waals surface area (Å²) in [6.45, 7) is 2.08. The lowest BCUT2D eigenvalue weighted by Crippen LogP contribution is -2.31. The molecule has 4 rings (SSSR count). The number of aliphatic hydroxyl groups excluding tert-OH is 1. The van der Waals surface area contributed by atoms with Crippen LogP contribution in [0.2, 0.25) is 0 Å². The number of methoxy groups -OCH3 is 1. The molecule has 1 aliphatic heterocycles. The van der Waals surface area contributed by atoms with Gasteiger partial charge in [-0.3, -0.25) is 0 Å². The number of anilines is 2. The van der Waals surface area contributed by atoms with Crippen molar-refractivity contribution in [2.75, 3.05) is 37.0 Å². The molecule has 0 aliphatic carbocycles. The van der Waals surface area contributed by atoms with Crippen molar-refractivity contribution in [3.63, 3.8) is 0 Å². The van der Waals surface area contributed by atoms with Crippen LogP contribution < -0.4 is 15.0 Å². The molecule has 0 saturated carbocycles. The number of ether oxygens (including phenoxy) is 1. The number of H-pyrrole nitrogens is 1. The van der Waals surface area contributed by atoms with Crippen molar-refractivity contribution in [2.24, 2.45) is 0 Å². The first-order valence-electron chi connectivity index (χ1n) is 8.90. The fraction of sp³-hybridized carbons (Fsp3) is 0.316. The molecular formula is C19H22N6O2. The number of aromatic nitrogens is 4. The van der Waals surface area contributed by atoms with Gasteiger partial charge < -0.3 is 25.0 Å². The van der Waals surface area contributed by atoms with Crippen molar-refractivity contribution in [3.8, 4) is 17.1 Å². The van der Waals surface area contributed by atoms with E-state index in [1.54, 1.807) is 13.4 Å². The van der Waals surface area contributed by atoms with E-state index in [1.165, 1.54) is 0 Å². The van der Waals surface area contributed by atoms with Crippen LogP contribution in [0.5, 0.6) is 5.75 Å². The van der Waals surface area contributed by atoms with E-state index >= 15 is 0 Å². The van der Waals surface area contributed by atoms with Crippen molar-refractivity contribution in [1.82, 2.24) is 19.9 Å². The maximum absolute atomic E-state index is 8.95. The predicted octanol–water partition coefficient (Wildman–Crippen LogP) is 1.84. The summed E-state index contributed by atoms with van der Waals surface area (Å²) in [6, 6.07) is 9.79. The first-order valence-corrected chi connectivity index (χ1v) is 8.90. The molecule has 1 aliphatic rings. The van der Waals surface area contributed by atoms with Crippen LogP contribution in [0.4, 0.5) is 11.6 Å². The normalized spacial score (nSPS) is 13.3. The van der Waals surface area contributed by atoms with Crippen molar-refractivity contribution in [2.45, 2.75) is 13.0 Å². The van der Waals surface area contributed by atoms with Gasteiger partial charge in [-0.15, -0.1) is 0 Å². The zero-order chi connectivity index (χ0) is 18.6. The van der Waals surface area contributed by atoms with Crippen LogP contribution >= 0.6 is 0 Å². The van der Waals surface area contributed by atoms with Gasteiger partial charge in [0.25, 0.3) is 0 Å². The number of hydrogen-bond donors (Lipinski definition) is 3. The Hall–Kier alpha value is -3.13. The summed E-state index contributed by atoms with van der Waals surface area (Å²) in [5, 5.41) is 12.0. The van der Waals surface area contributed by atoms with Crippen LogP contribution in [0.25, 0.3) is 11.4 Å². The van der Waals surface area contributed by atoms with E-state index < -0.39 is 0 Å². The minimum atomic E-state index is 0.0631. The average Bonchev–Trinajstić information content (AvgIpc) is 3.16. The average molecular weight is 366 g/mol. The van der Waals surface area contributed by atoms with E-state index in [9.17, 15) is 0 Å². The Morgan fingerprint density at radius 1 is 1.30 bits per heavy atom. The number of nitrogens with one attached hydrogen (secondary N) is 2. The molecule has 0 amide bonds. The van der Waals surface area contributed by atoms with Gasteiger partial charge in [-0.05, 0) is 12.1 Å². The third kappa shape index (κ3) is 3.70. The van der Waals surface area contributed by atoms with Crippen molar-refractivity contribution < 1.29 is 9.84 Å². The Morgan fingerprint density at radius 3 is 3.07 bits per heavy atom. The van der Waals surface area contributed by atoms with Crippen LogP contribution in [0.3, 0.4) is 0 Å². The molecule has 2 aromatic heterocycles. The van der Waals surface area contributed by atoms with E-state index in [-0.39, 0.29) is 6.61 Å². The molecule has 8 nitrogen and oxygen atoms in total. The first kappa shape index (κ1) is 17.3. The van der Waals surface area contributed by atoms with E-state index in [4.69, 9.17) is 14.8 Å². The quantitative estimate of drug-likeness (QED) is 0.612. The highest BCUT2D eigenvalue weighted by molar-refractivity contribution is 5.59. The maximum Gasteiger partial charge on any atom is 0.138 e. The SMILES string of the molecule is COc1cccc(-c2nc3c([nH]2)CN(c2cc(NCCO)ncn2)CC3)c1. The van der Waals surface area contributed by atoms with Gasteiger partial charge in [-0.25, -0.2) is 15.0 Å². The standard InChI is InChI=1S/C19H22N6O2/c1-27-14-4-2-3-13(9-14)19-23-15-5-7-25(11-16(15)24-19)18-10-17(20-6-8-26)21-12-22-18/h2-4,9-10,12,26H,5-8,11H2,1H3,(H,23,24)(H,20,21,22). The van der Waals surface area contributed by atoms with Gasteiger partial charge in [0.15, 0.2) is 0 Å². The van der Waals surface area contributed by atoms with Gasteiger partial charge in [-0.1, -0.05) is 12.1 Å². The van der Waals surface area contributed by atoms with E-state index in [0.717, 1.165) is 47.3 Å². The molecule has 0 spiro atoms. The topological polar surface area (TPSA) is 99.2 Å². The molecule has 0 radical (unpaired) electrons. The predicted molar refractivity (Wildman–Crippen MR) is 103 cm³/mol. The number of hydrogen-bond acceptors (Lipinski definition) is 7. The van der Waals surface area contributed by atoms with Crippen molar-refractivity contribution >= 4 is 11.6 Å². The van der Waals surface area contributed by atoms with Gasteiger partial charge >= 0.3 is 0 Å². The summed E-state index contributed by atoms with van der Waals surface area (Å²) >= 11 is 0. The van der Waals surface area contributed by atoms with Crippen molar-refractivity contribution in [3.05, 3.63) is 48.0 Å². The lowest BCUT2D eigenvalue weighted by atomic mass is 10.1. The number of rotatable bonds is 6. The fourth-order valence-corrected chi connectivity index (χ4v) is 3.20. The van der Waals surface area contributed by atoms with Crippen LogP contribution in [-0.2, 0) is 13.0 Å². The van der Waals surface area contributed by atoms with Gasteiger partial charge in [0.1, 0.15) is 29.5 Å². The molecule has 3 N–H and O–H groups in total. The van der Waals surface area contributed by atoms with Gasteiger partial charge in [0, 0.05) is 31.1 Å². The molecule has 0 saturated heterocycles. The smallest absolute Gasteiger partial charge is 0.138 e. The first-order chi connectivity index (χ1) is 13.3. The molecule has 3 aromatic rings. The van der Waals surface area contributed by atoms with Gasteiger partial charge in [0.05, 0.1) is 31.6 Å². The molecule has 3 heterocycles. The molecule has 1 aromatic carbocycles. The molecule has 0 atom stereocenters. The Kier molecular flexibility index (Phi) is 4.88. The molecular weight excluding hydrogens is 344 g/mol. The Labute approximate surface area is 157 Å². The lowest BCUT2D eigenvalue weighted by molar-refractivity contribution is 0.311.